The van der Waals surface area contributed by atoms with Crippen LogP contribution in [0.25, 0.3) is 22.7 Å². The fraction of sp³-hybridized carbons (Fsp3) is 0.402. The molecule has 2 aliphatic rings. The number of esters is 1. The minimum Gasteiger partial charge on any atom is -0.464 e. The van der Waals surface area contributed by atoms with Gasteiger partial charge >= 0.3 is 30.7 Å². The summed E-state index contributed by atoms with van der Waals surface area (Å²) in [6.07, 6.45) is -5.57. The van der Waals surface area contributed by atoms with Gasteiger partial charge in [0.15, 0.2) is 34.3 Å². The number of amides is 1. The van der Waals surface area contributed by atoms with E-state index in [1.165, 1.54) is 93.5 Å². The number of cyclic esters (lactones) is 1. The summed E-state index contributed by atoms with van der Waals surface area (Å²) < 4.78 is 226. The number of nitrogens with two attached hydrogens (primary N) is 1. The molecule has 4 aromatic carbocycles. The van der Waals surface area contributed by atoms with Gasteiger partial charge in [-0.2, -0.15) is 93.5 Å². The smallest absolute Gasteiger partial charge is 0.436 e. The van der Waals surface area contributed by atoms with E-state index in [9.17, 15) is 89.4 Å². The van der Waals surface area contributed by atoms with Crippen LogP contribution >= 0.6 is 46.4 Å². The lowest BCUT2D eigenvalue weighted by Crippen LogP contribution is -2.37. The molecule has 10 heterocycles. The number of halogens is 20. The fourth-order valence-corrected chi connectivity index (χ4v) is 15.6. The number of hydrogen-bond donors (Lipinski definition) is 2. The lowest BCUT2D eigenvalue weighted by molar-refractivity contribution is -0.148. The molecule has 2 saturated heterocycles. The minimum atomic E-state index is -4.75. The molecule has 0 saturated carbocycles. The minimum absolute atomic E-state index is 0.0257. The van der Waals surface area contributed by atoms with Crippen molar-refractivity contribution in [1.82, 2.24) is 78.2 Å². The number of alkyl halides is 12. The third kappa shape index (κ3) is 24.3. The number of Topliss-reactive ketones (excluding diaryl/α,β-unsaturated/α-hetero) is 2. The SMILES string of the molecule is CCCCCC(C(=O)Cc1cnn(-c2ccc(F)cc2)c1C)n1nc(C(F)(F)F)c(Cl)c1C.Cc1c(CC(=O)C(CCCCO)n2nc(C(F)(F)F)c(Cl)c2C)cnn1-c1ccc(F)cc1.Cc1c(Cl)c(C(F)(F)F)nn1C1CCCCOC1=O.Cc1c(N)cnn1-c1ccc(F)cc1.Cc1c(N2CCCCC(n3nc(C(F)(F)F)c(Cl)c3C)C2=O)cnn1-c1ccc(F)cc1. The molecule has 131 heavy (non-hydrogen) atoms. The molecule has 8 aromatic heterocycles. The quantitative estimate of drug-likeness (QED) is 0.0342. The second-order valence-corrected chi connectivity index (χ2v) is 32.4. The lowest BCUT2D eigenvalue weighted by Gasteiger charge is -2.25. The fourth-order valence-electron chi connectivity index (χ4n) is 14.6. The zero-order valence-electron chi connectivity index (χ0n) is 71.8. The maximum Gasteiger partial charge on any atom is 0.436 e. The predicted octanol–water partition coefficient (Wildman–Crippen LogP) is 21.7. The number of benzene rings is 4. The van der Waals surface area contributed by atoms with E-state index in [1.54, 1.807) is 100 Å². The van der Waals surface area contributed by atoms with Gasteiger partial charge in [-0.05, 0) is 217 Å². The first-order valence-corrected chi connectivity index (χ1v) is 42.6. The Morgan fingerprint density at radius 1 is 0.443 bits per heavy atom. The zero-order chi connectivity index (χ0) is 96.2. The summed E-state index contributed by atoms with van der Waals surface area (Å²) in [5.41, 5.74) is 9.16. The molecule has 0 spiro atoms. The van der Waals surface area contributed by atoms with Gasteiger partial charge < -0.3 is 20.5 Å². The second-order valence-electron chi connectivity index (χ2n) is 30.8. The van der Waals surface area contributed by atoms with Crippen LogP contribution in [-0.2, 0) is 61.5 Å². The van der Waals surface area contributed by atoms with E-state index in [1.807, 2.05) is 13.8 Å². The normalized spacial score (nSPS) is 15.0. The highest BCUT2D eigenvalue weighted by Crippen LogP contribution is 2.43. The van der Waals surface area contributed by atoms with Crippen molar-refractivity contribution in [1.29, 1.82) is 0 Å². The third-order valence-corrected chi connectivity index (χ3v) is 23.7. The summed E-state index contributed by atoms with van der Waals surface area (Å²) in [6, 6.07) is 19.7. The number of unbranched alkanes of at least 4 members (excludes halogenated alkanes) is 3. The number of carbonyl (C=O) groups is 4. The highest BCUT2D eigenvalue weighted by atomic mass is 35.5. The van der Waals surface area contributed by atoms with Gasteiger partial charge in [0, 0.05) is 48.5 Å². The number of hydrogen-bond acceptors (Lipinski definition) is 15. The number of rotatable bonds is 23. The van der Waals surface area contributed by atoms with Gasteiger partial charge in [0.1, 0.15) is 47.4 Å². The first-order valence-electron chi connectivity index (χ1n) is 41.0. The first-order chi connectivity index (χ1) is 61.7. The number of nitrogens with zero attached hydrogens (tertiary/aromatic N) is 17. The number of ketones is 2. The van der Waals surface area contributed by atoms with Crippen LogP contribution in [0.15, 0.2) is 122 Å². The van der Waals surface area contributed by atoms with Crippen LogP contribution in [0, 0.1) is 78.7 Å². The molecule has 24 nitrogen and oxygen atoms in total. The molecule has 2 aliphatic heterocycles. The van der Waals surface area contributed by atoms with Crippen LogP contribution in [0.1, 0.15) is 194 Å². The summed E-state index contributed by atoms with van der Waals surface area (Å²) in [7, 11) is 0. The largest absolute Gasteiger partial charge is 0.464 e. The van der Waals surface area contributed by atoms with Crippen molar-refractivity contribution in [3.05, 3.63) is 245 Å². The van der Waals surface area contributed by atoms with E-state index in [-0.39, 0.29) is 90.2 Å². The highest BCUT2D eigenvalue weighted by Gasteiger charge is 2.45. The van der Waals surface area contributed by atoms with E-state index in [2.05, 4.69) is 40.8 Å². The molecular weight excluding hydrogens is 1840 g/mol. The number of carbonyl (C=O) groups excluding carboxylic acids is 4. The van der Waals surface area contributed by atoms with Gasteiger partial charge in [-0.3, -0.25) is 33.1 Å². The number of aliphatic hydroxyl groups is 1. The maximum atomic E-state index is 13.5. The number of aliphatic hydroxyl groups excluding tert-OH is 1. The molecule has 3 N–H and O–H groups in total. The second kappa shape index (κ2) is 43.3. The highest BCUT2D eigenvalue weighted by molar-refractivity contribution is 6.33. The average molecular weight is 1930 g/mol. The summed E-state index contributed by atoms with van der Waals surface area (Å²) in [4.78, 5) is 53.3. The molecule has 0 bridgehead atoms. The molecule has 0 aliphatic carbocycles. The molecule has 704 valence electrons. The Balaban J connectivity index is 0.000000175. The Hall–Kier alpha value is -11.4. The summed E-state index contributed by atoms with van der Waals surface area (Å²) in [5.74, 6) is -2.97. The molecule has 1 amide bonds. The van der Waals surface area contributed by atoms with E-state index in [0.29, 0.717) is 127 Å². The Kier molecular flexibility index (Phi) is 33.7. The van der Waals surface area contributed by atoms with Gasteiger partial charge in [-0.1, -0.05) is 72.6 Å². The maximum absolute atomic E-state index is 13.5. The topological polar surface area (TPSA) is 270 Å². The molecule has 12 aromatic rings. The van der Waals surface area contributed by atoms with Crippen molar-refractivity contribution in [2.45, 2.75) is 207 Å². The van der Waals surface area contributed by atoms with Crippen LogP contribution in [0.4, 0.5) is 81.6 Å². The number of nitrogen functional groups attached to an aromatic ring is 1. The van der Waals surface area contributed by atoms with Gasteiger partial charge in [0.05, 0.1) is 120 Å². The molecule has 4 unspecified atom stereocenters. The summed E-state index contributed by atoms with van der Waals surface area (Å²) in [5, 5.41) is 38.5. The van der Waals surface area contributed by atoms with Gasteiger partial charge in [0.25, 0.3) is 5.91 Å². The standard InChI is InChI=1S/C23H25ClF4N4O.C22H23ClF4N4O2.C21H20ClF4N5O.C11H12ClF3N2O2.C10H10FN3/c1-4-5-6-7-19(32-15(3)21(24)22(30-32)23(26,27)28)20(33)12-16-13-29-31(14(16)2)18-10-8-17(25)9-11-18;1-13-15(12-28-30(13)17-8-6-16(24)7-9-17)11-19(33)18(5-3-4-10-32)31-14(2)20(23)21(29-31)22(25,26)27;1-12-17(11-27-30(12)15-8-6-14(23)7-9-15)29-10-4-3-5-16(20(29)32)31-13(2)18(22)19(28-31)21(24,25)26;1-6-8(12)9(11(13,14)15)16-17(6)7-4-2-3-5-19-10(7)18;1-7-10(12)6-13-14(7)9-4-2-8(11)3-5-9/h8-11,13,19H,4-7,12H2,1-3H3;6-9,12,18,32H,3-5,10-11H2,1-2H3;6-9,11,16H,3-5,10H2,1-2H3;7H,2-5H2,1H3;2-6H,12H2,1H3. The Bertz CT molecular complexity index is 5770. The van der Waals surface area contributed by atoms with Crippen molar-refractivity contribution in [3.8, 4) is 22.7 Å². The zero-order valence-corrected chi connectivity index (χ0v) is 74.8. The van der Waals surface area contributed by atoms with E-state index in [4.69, 9.17) is 62.0 Å². The van der Waals surface area contributed by atoms with Crippen LogP contribution < -0.4 is 10.6 Å². The van der Waals surface area contributed by atoms with Crippen LogP contribution in [0.3, 0.4) is 0 Å². The van der Waals surface area contributed by atoms with Crippen molar-refractivity contribution < 1.29 is 99.3 Å². The van der Waals surface area contributed by atoms with Gasteiger partial charge in [-0.15, -0.1) is 0 Å². The summed E-state index contributed by atoms with van der Waals surface area (Å²) >= 11 is 23.4. The van der Waals surface area contributed by atoms with E-state index in [0.717, 1.165) is 43.0 Å². The molecule has 14 rings (SSSR count). The van der Waals surface area contributed by atoms with Gasteiger partial charge in [0.2, 0.25) is 0 Å². The Labute approximate surface area is 760 Å². The number of anilines is 2. The Morgan fingerprint density at radius 2 is 0.786 bits per heavy atom. The van der Waals surface area contributed by atoms with Crippen molar-refractivity contribution in [2.24, 2.45) is 0 Å². The third-order valence-electron chi connectivity index (χ3n) is 21.9. The molecule has 4 atom stereocenters. The van der Waals surface area contributed by atoms with Crippen LogP contribution in [-0.4, -0.2) is 127 Å². The predicted molar refractivity (Wildman–Crippen MR) is 455 cm³/mol. The van der Waals surface area contributed by atoms with Crippen LogP contribution in [0.2, 0.25) is 20.1 Å². The van der Waals surface area contributed by atoms with Gasteiger partial charge in [-0.25, -0.2) is 41.1 Å². The lowest BCUT2D eigenvalue weighted by atomic mass is 9.99. The number of ether oxygens (including phenoxy) is 1. The average Bonchev–Trinajstić information content (AvgIpc) is 1.65. The molecule has 44 heteroatoms. The van der Waals surface area contributed by atoms with E-state index < -0.39 is 104 Å². The van der Waals surface area contributed by atoms with Crippen molar-refractivity contribution in [3.63, 3.8) is 0 Å². The number of aromatic nitrogens is 16. The molecule has 2 fully saturated rings. The monoisotopic (exact) mass is 1930 g/mol. The first kappa shape index (κ1) is 102. The van der Waals surface area contributed by atoms with Crippen molar-refractivity contribution in [2.75, 3.05) is 30.4 Å². The Morgan fingerprint density at radius 3 is 1.15 bits per heavy atom. The van der Waals surface area contributed by atoms with Crippen LogP contribution in [0.5, 0.6) is 0 Å². The van der Waals surface area contributed by atoms with E-state index >= 15 is 0 Å². The molecule has 0 radical (unpaired) electrons. The van der Waals surface area contributed by atoms with Crippen molar-refractivity contribution >= 4 is 81.2 Å². The molecular formula is C87H90Cl4F16N18O6. The summed E-state index contributed by atoms with van der Waals surface area (Å²) in [6.45, 7) is 15.4.